The van der Waals surface area contributed by atoms with Crippen molar-refractivity contribution in [2.24, 2.45) is 0 Å². The van der Waals surface area contributed by atoms with Crippen LogP contribution in [0.5, 0.6) is 0 Å². The van der Waals surface area contributed by atoms with Crippen molar-refractivity contribution < 1.29 is 0 Å². The van der Waals surface area contributed by atoms with Gasteiger partial charge in [0.2, 0.25) is 0 Å². The number of rotatable bonds is 2. The number of aromatic nitrogens is 4. The van der Waals surface area contributed by atoms with Crippen LogP contribution in [0.2, 0.25) is 0 Å². The number of nitrogens with zero attached hydrogens (tertiary/aromatic N) is 4. The first-order chi connectivity index (χ1) is 12.7. The molecule has 5 rings (SSSR count). The van der Waals surface area contributed by atoms with E-state index in [0.29, 0.717) is 24.7 Å². The Hall–Kier alpha value is -3.06. The molecule has 0 bridgehead atoms. The zero-order valence-corrected chi connectivity index (χ0v) is 14.9. The molecule has 0 amide bonds. The zero-order valence-electron chi connectivity index (χ0n) is 14.1. The van der Waals surface area contributed by atoms with Gasteiger partial charge in [0.1, 0.15) is 11.6 Å². The van der Waals surface area contributed by atoms with E-state index in [-0.39, 0.29) is 5.56 Å². The fourth-order valence-electron chi connectivity index (χ4n) is 3.36. The van der Waals surface area contributed by atoms with Crippen LogP contribution in [-0.4, -0.2) is 19.9 Å². The Morgan fingerprint density at radius 1 is 1.08 bits per heavy atom. The van der Waals surface area contributed by atoms with Crippen LogP contribution in [0.1, 0.15) is 17.1 Å². The maximum Gasteiger partial charge on any atom is 0.256 e. The lowest BCUT2D eigenvalue weighted by molar-refractivity contribution is 0.850. The fourth-order valence-corrected chi connectivity index (χ4v) is 4.01. The number of thiophene rings is 1. The summed E-state index contributed by atoms with van der Waals surface area (Å²) < 4.78 is 0. The summed E-state index contributed by atoms with van der Waals surface area (Å²) in [6.07, 6.45) is 0. The second kappa shape index (κ2) is 5.74. The third-order valence-electron chi connectivity index (χ3n) is 4.53. The first-order valence-electron chi connectivity index (χ1n) is 8.33. The number of benzene rings is 1. The lowest BCUT2D eigenvalue weighted by Gasteiger charge is -2.18. The predicted octanol–water partition coefficient (Wildman–Crippen LogP) is 3.27. The Morgan fingerprint density at radius 3 is 2.81 bits per heavy atom. The molecule has 26 heavy (non-hydrogen) atoms. The first kappa shape index (κ1) is 15.2. The van der Waals surface area contributed by atoms with E-state index in [1.165, 1.54) is 0 Å². The Balaban J connectivity index is 1.67. The molecule has 4 heterocycles. The van der Waals surface area contributed by atoms with Gasteiger partial charge in [0.25, 0.3) is 5.56 Å². The minimum atomic E-state index is -0.0631. The zero-order chi connectivity index (χ0) is 17.7. The molecular weight excluding hydrogens is 346 g/mol. The first-order valence-corrected chi connectivity index (χ1v) is 9.21. The average Bonchev–Trinajstić information content (AvgIpc) is 3.30. The number of H-pyrrole nitrogens is 1. The van der Waals surface area contributed by atoms with Gasteiger partial charge in [0.05, 0.1) is 34.7 Å². The van der Waals surface area contributed by atoms with Crippen molar-refractivity contribution in [2.45, 2.75) is 20.0 Å². The van der Waals surface area contributed by atoms with Crippen LogP contribution in [0.25, 0.3) is 21.6 Å². The highest BCUT2D eigenvalue weighted by molar-refractivity contribution is 7.13. The Bertz CT molecular complexity index is 1180. The number of nitrogens with one attached hydrogen (secondary N) is 1. The summed E-state index contributed by atoms with van der Waals surface area (Å²) in [5, 5.41) is 3.00. The number of hydrogen-bond acceptors (Lipinski definition) is 6. The Morgan fingerprint density at radius 2 is 1.96 bits per heavy atom. The molecule has 0 saturated heterocycles. The van der Waals surface area contributed by atoms with Gasteiger partial charge in [-0.3, -0.25) is 4.79 Å². The molecular formula is C19H15N5OS. The molecule has 6 nitrogen and oxygen atoms in total. The van der Waals surface area contributed by atoms with Crippen LogP contribution in [0.15, 0.2) is 46.6 Å². The third-order valence-corrected chi connectivity index (χ3v) is 5.40. The maximum atomic E-state index is 12.3. The van der Waals surface area contributed by atoms with Crippen molar-refractivity contribution in [1.29, 1.82) is 0 Å². The molecule has 0 radical (unpaired) electrons. The lowest BCUT2D eigenvalue weighted by atomic mass is 10.2. The third kappa shape index (κ3) is 2.40. The second-order valence-electron chi connectivity index (χ2n) is 6.30. The van der Waals surface area contributed by atoms with Crippen LogP contribution in [-0.2, 0) is 13.1 Å². The minimum absolute atomic E-state index is 0.0631. The Kier molecular flexibility index (Phi) is 3.36. The lowest BCUT2D eigenvalue weighted by Crippen LogP contribution is -2.19. The Labute approximate surface area is 153 Å². The number of aryl methyl sites for hydroxylation is 1. The van der Waals surface area contributed by atoms with Gasteiger partial charge in [0, 0.05) is 5.39 Å². The van der Waals surface area contributed by atoms with Crippen molar-refractivity contribution in [3.63, 3.8) is 0 Å². The summed E-state index contributed by atoms with van der Waals surface area (Å²) in [5.74, 6) is 2.19. The van der Waals surface area contributed by atoms with Gasteiger partial charge >= 0.3 is 0 Å². The monoisotopic (exact) mass is 361 g/mol. The van der Waals surface area contributed by atoms with Gasteiger partial charge in [-0.15, -0.1) is 11.3 Å². The molecule has 0 fully saturated rings. The van der Waals surface area contributed by atoms with E-state index in [0.717, 1.165) is 32.9 Å². The van der Waals surface area contributed by atoms with E-state index in [9.17, 15) is 4.79 Å². The van der Waals surface area contributed by atoms with E-state index in [4.69, 9.17) is 9.97 Å². The molecule has 1 aliphatic heterocycles. The van der Waals surface area contributed by atoms with Gasteiger partial charge in [-0.2, -0.15) is 0 Å². The summed E-state index contributed by atoms with van der Waals surface area (Å²) in [7, 11) is 0. The topological polar surface area (TPSA) is 74.8 Å². The molecule has 1 N–H and O–H groups in total. The van der Waals surface area contributed by atoms with Gasteiger partial charge in [-0.25, -0.2) is 15.0 Å². The highest BCUT2D eigenvalue weighted by atomic mass is 32.1. The summed E-state index contributed by atoms with van der Waals surface area (Å²) >= 11 is 1.62. The van der Waals surface area contributed by atoms with E-state index in [1.54, 1.807) is 18.3 Å². The van der Waals surface area contributed by atoms with Crippen LogP contribution < -0.4 is 10.5 Å². The number of hydrogen-bond donors (Lipinski definition) is 1. The van der Waals surface area contributed by atoms with Gasteiger partial charge in [-0.1, -0.05) is 18.2 Å². The standard InChI is InChI=1S/C19H15N5OS/c1-11-20-15-10-24(9-13(15)19(25)21-11)18-12-5-2-3-6-14(12)22-17(23-18)16-7-4-8-26-16/h2-8H,9-10H2,1H3,(H,20,21,25). The fraction of sp³-hybridized carbons (Fsp3) is 0.158. The highest BCUT2D eigenvalue weighted by Gasteiger charge is 2.26. The largest absolute Gasteiger partial charge is 0.345 e. The van der Waals surface area contributed by atoms with Gasteiger partial charge in [0.15, 0.2) is 5.82 Å². The number of anilines is 1. The summed E-state index contributed by atoms with van der Waals surface area (Å²) in [5.41, 5.74) is 2.38. The normalized spacial score (nSPS) is 13.3. The molecule has 1 aromatic carbocycles. The number of aromatic amines is 1. The molecule has 7 heteroatoms. The van der Waals surface area contributed by atoms with Crippen molar-refractivity contribution in [3.8, 4) is 10.7 Å². The van der Waals surface area contributed by atoms with Crippen molar-refractivity contribution in [3.05, 3.63) is 69.2 Å². The predicted molar refractivity (Wildman–Crippen MR) is 102 cm³/mol. The number of para-hydroxylation sites is 1. The van der Waals surface area contributed by atoms with Crippen molar-refractivity contribution in [2.75, 3.05) is 4.90 Å². The van der Waals surface area contributed by atoms with Crippen LogP contribution in [0.4, 0.5) is 5.82 Å². The summed E-state index contributed by atoms with van der Waals surface area (Å²) in [6.45, 7) is 2.88. The summed E-state index contributed by atoms with van der Waals surface area (Å²) in [4.78, 5) is 32.3. The molecule has 128 valence electrons. The van der Waals surface area contributed by atoms with E-state index >= 15 is 0 Å². The van der Waals surface area contributed by atoms with Crippen LogP contribution in [0.3, 0.4) is 0 Å². The molecule has 3 aromatic heterocycles. The van der Waals surface area contributed by atoms with Crippen LogP contribution in [0, 0.1) is 6.92 Å². The smallest absolute Gasteiger partial charge is 0.256 e. The van der Waals surface area contributed by atoms with Crippen molar-refractivity contribution >= 4 is 28.1 Å². The summed E-state index contributed by atoms with van der Waals surface area (Å²) in [6, 6.07) is 12.0. The minimum Gasteiger partial charge on any atom is -0.345 e. The average molecular weight is 361 g/mol. The number of fused-ring (bicyclic) bond motifs is 2. The molecule has 0 saturated carbocycles. The van der Waals surface area contributed by atoms with E-state index < -0.39 is 0 Å². The second-order valence-corrected chi connectivity index (χ2v) is 7.25. The quantitative estimate of drug-likeness (QED) is 0.593. The molecule has 0 atom stereocenters. The molecule has 0 unspecified atom stereocenters. The van der Waals surface area contributed by atoms with E-state index in [2.05, 4.69) is 14.9 Å². The maximum absolute atomic E-state index is 12.3. The van der Waals surface area contributed by atoms with Crippen molar-refractivity contribution in [1.82, 2.24) is 19.9 Å². The molecule has 4 aromatic rings. The van der Waals surface area contributed by atoms with E-state index in [1.807, 2.05) is 41.8 Å². The molecule has 0 aliphatic carbocycles. The van der Waals surface area contributed by atoms with Gasteiger partial charge < -0.3 is 9.88 Å². The molecule has 1 aliphatic rings. The van der Waals surface area contributed by atoms with Gasteiger partial charge in [-0.05, 0) is 30.5 Å². The van der Waals surface area contributed by atoms with Crippen LogP contribution >= 0.6 is 11.3 Å². The highest BCUT2D eigenvalue weighted by Crippen LogP contribution is 2.32. The molecule has 0 spiro atoms. The SMILES string of the molecule is Cc1nc2c(c(=O)[nH]1)CN(c1nc(-c3cccs3)nc3ccccc13)C2.